The Hall–Kier alpha value is -3.07. The lowest BCUT2D eigenvalue weighted by Gasteiger charge is -2.29. The first kappa shape index (κ1) is 22.6. The summed E-state index contributed by atoms with van der Waals surface area (Å²) < 4.78 is 0. The van der Waals surface area contributed by atoms with Crippen molar-refractivity contribution in [1.82, 2.24) is 20.9 Å². The van der Waals surface area contributed by atoms with Gasteiger partial charge in [-0.05, 0) is 50.2 Å². The van der Waals surface area contributed by atoms with E-state index < -0.39 is 18.2 Å². The third-order valence-electron chi connectivity index (χ3n) is 5.74. The lowest BCUT2D eigenvalue weighted by atomic mass is 9.92. The lowest BCUT2D eigenvalue weighted by molar-refractivity contribution is -0.130. The van der Waals surface area contributed by atoms with Crippen LogP contribution in [-0.2, 0) is 16.0 Å². The van der Waals surface area contributed by atoms with E-state index in [1.807, 2.05) is 30.5 Å². The van der Waals surface area contributed by atoms with Crippen LogP contribution in [0.25, 0.3) is 10.9 Å². The Balaban J connectivity index is 1.59. The van der Waals surface area contributed by atoms with Crippen LogP contribution in [0.2, 0.25) is 0 Å². The van der Waals surface area contributed by atoms with Crippen molar-refractivity contribution >= 4 is 28.8 Å². The van der Waals surface area contributed by atoms with Gasteiger partial charge < -0.3 is 31.8 Å². The maximum absolute atomic E-state index is 12.9. The fraction of sp³-hybridized carbons (Fsp3) is 0.500. The third-order valence-corrected chi connectivity index (χ3v) is 5.74. The van der Waals surface area contributed by atoms with E-state index in [1.165, 1.54) is 0 Å². The number of nitrogens with two attached hydrogens (primary N) is 1. The van der Waals surface area contributed by atoms with Crippen LogP contribution in [0.15, 0.2) is 30.5 Å². The number of aromatic amines is 1. The summed E-state index contributed by atoms with van der Waals surface area (Å²) in [5.74, 6) is -0.569. The highest BCUT2D eigenvalue weighted by molar-refractivity contribution is 5.91. The highest BCUT2D eigenvalue weighted by atomic mass is 16.4. The van der Waals surface area contributed by atoms with Crippen molar-refractivity contribution in [2.75, 3.05) is 6.54 Å². The Kier molecular flexibility index (Phi) is 7.88. The Morgan fingerprint density at radius 3 is 2.65 bits per heavy atom. The molecule has 7 N–H and O–H groups in total. The first-order valence-electron chi connectivity index (χ1n) is 10.8. The Morgan fingerprint density at radius 1 is 1.16 bits per heavy atom. The normalized spacial score (nSPS) is 15.6. The van der Waals surface area contributed by atoms with Gasteiger partial charge in [-0.15, -0.1) is 0 Å². The lowest BCUT2D eigenvalue weighted by Crippen LogP contribution is -2.55. The zero-order valence-corrected chi connectivity index (χ0v) is 17.5. The zero-order chi connectivity index (χ0) is 22.2. The fourth-order valence-electron chi connectivity index (χ4n) is 3.68. The molecular formula is C22H31N5O4. The van der Waals surface area contributed by atoms with E-state index in [0.29, 0.717) is 32.2 Å². The molecule has 9 heteroatoms. The molecule has 0 aliphatic heterocycles. The van der Waals surface area contributed by atoms with E-state index in [0.717, 1.165) is 35.7 Å². The molecule has 1 saturated carbocycles. The molecule has 1 fully saturated rings. The number of hydrogen-bond donors (Lipinski definition) is 6. The van der Waals surface area contributed by atoms with Crippen LogP contribution in [0.3, 0.4) is 0 Å². The molecule has 0 radical (unpaired) electrons. The second-order valence-electron chi connectivity index (χ2n) is 8.10. The van der Waals surface area contributed by atoms with E-state index in [-0.39, 0.29) is 17.9 Å². The van der Waals surface area contributed by atoms with Crippen LogP contribution in [0, 0.1) is 0 Å². The fourth-order valence-corrected chi connectivity index (χ4v) is 3.68. The summed E-state index contributed by atoms with van der Waals surface area (Å²) in [4.78, 5) is 39.2. The number of fused-ring (bicyclic) bond motifs is 1. The van der Waals surface area contributed by atoms with Gasteiger partial charge in [0.1, 0.15) is 6.04 Å². The number of benzene rings is 1. The number of unbranched alkanes of at least 4 members (excludes halogenated alkanes) is 1. The van der Waals surface area contributed by atoms with Crippen molar-refractivity contribution in [2.45, 2.75) is 63.1 Å². The molecule has 1 aliphatic carbocycles. The molecule has 3 amide bonds. The number of nitrogens with one attached hydrogen (secondary N) is 4. The smallest absolute Gasteiger partial charge is 0.404 e. The predicted octanol–water partition coefficient (Wildman–Crippen LogP) is 1.63. The van der Waals surface area contributed by atoms with E-state index in [4.69, 9.17) is 10.8 Å². The number of aromatic nitrogens is 1. The van der Waals surface area contributed by atoms with Crippen molar-refractivity contribution in [3.05, 3.63) is 36.0 Å². The van der Waals surface area contributed by atoms with Gasteiger partial charge in [0, 0.05) is 36.1 Å². The van der Waals surface area contributed by atoms with E-state index in [9.17, 15) is 14.4 Å². The molecule has 31 heavy (non-hydrogen) atoms. The molecule has 2 aromatic rings. The van der Waals surface area contributed by atoms with Gasteiger partial charge in [0.15, 0.2) is 0 Å². The van der Waals surface area contributed by atoms with Gasteiger partial charge in [-0.2, -0.15) is 0 Å². The SMILES string of the molecule is N[C@@H](CCCCNC(=O)O)C(=O)N[C@@H](Cc1c[nH]c2ccccc12)C(=O)NC1CCC1. The molecule has 0 saturated heterocycles. The first-order chi connectivity index (χ1) is 14.9. The van der Waals surface area contributed by atoms with E-state index in [1.54, 1.807) is 0 Å². The van der Waals surface area contributed by atoms with Crippen LogP contribution in [0.4, 0.5) is 4.79 Å². The summed E-state index contributed by atoms with van der Waals surface area (Å²) in [6.07, 6.45) is 5.81. The highest BCUT2D eigenvalue weighted by Crippen LogP contribution is 2.21. The summed E-state index contributed by atoms with van der Waals surface area (Å²) in [6, 6.07) is 6.54. The molecule has 2 atom stereocenters. The average molecular weight is 430 g/mol. The molecule has 1 aromatic heterocycles. The quantitative estimate of drug-likeness (QED) is 0.300. The Morgan fingerprint density at radius 2 is 1.94 bits per heavy atom. The van der Waals surface area contributed by atoms with Gasteiger partial charge in [0.2, 0.25) is 11.8 Å². The largest absolute Gasteiger partial charge is 0.465 e. The summed E-state index contributed by atoms with van der Waals surface area (Å²) in [5.41, 5.74) is 7.96. The third kappa shape index (κ3) is 6.45. The van der Waals surface area contributed by atoms with Crippen molar-refractivity contribution in [2.24, 2.45) is 5.73 Å². The molecule has 0 bridgehead atoms. The Labute approximate surface area is 181 Å². The maximum Gasteiger partial charge on any atom is 0.404 e. The van der Waals surface area contributed by atoms with Gasteiger partial charge in [0.25, 0.3) is 0 Å². The second kappa shape index (κ2) is 10.8. The van der Waals surface area contributed by atoms with E-state index >= 15 is 0 Å². The van der Waals surface area contributed by atoms with Crippen molar-refractivity contribution in [3.63, 3.8) is 0 Å². The Bertz CT molecular complexity index is 908. The number of H-pyrrole nitrogens is 1. The van der Waals surface area contributed by atoms with Crippen LogP contribution in [-0.4, -0.2) is 52.7 Å². The maximum atomic E-state index is 12.9. The van der Waals surface area contributed by atoms with Gasteiger partial charge in [-0.1, -0.05) is 18.2 Å². The van der Waals surface area contributed by atoms with Crippen LogP contribution in [0.1, 0.15) is 44.1 Å². The van der Waals surface area contributed by atoms with Gasteiger partial charge in [-0.3, -0.25) is 9.59 Å². The summed E-state index contributed by atoms with van der Waals surface area (Å²) in [6.45, 7) is 0.316. The number of carboxylic acid groups (broad SMARTS) is 1. The summed E-state index contributed by atoms with van der Waals surface area (Å²) >= 11 is 0. The van der Waals surface area contributed by atoms with Crippen LogP contribution >= 0.6 is 0 Å². The van der Waals surface area contributed by atoms with Crippen molar-refractivity contribution in [3.8, 4) is 0 Å². The number of amides is 3. The molecule has 168 valence electrons. The molecule has 0 spiro atoms. The second-order valence-corrected chi connectivity index (χ2v) is 8.10. The van der Waals surface area contributed by atoms with E-state index in [2.05, 4.69) is 20.9 Å². The summed E-state index contributed by atoms with van der Waals surface area (Å²) in [5, 5.41) is 17.7. The number of para-hydroxylation sites is 1. The number of hydrogen-bond acceptors (Lipinski definition) is 4. The van der Waals surface area contributed by atoms with Gasteiger partial charge in [-0.25, -0.2) is 4.79 Å². The topological polar surface area (TPSA) is 149 Å². The molecular weight excluding hydrogens is 398 g/mol. The molecule has 3 rings (SSSR count). The number of carbonyl (C=O) groups is 3. The van der Waals surface area contributed by atoms with Gasteiger partial charge in [0.05, 0.1) is 6.04 Å². The van der Waals surface area contributed by atoms with Crippen LogP contribution < -0.4 is 21.7 Å². The minimum absolute atomic E-state index is 0.172. The first-order valence-corrected chi connectivity index (χ1v) is 10.8. The molecule has 0 unspecified atom stereocenters. The van der Waals surface area contributed by atoms with Gasteiger partial charge >= 0.3 is 6.09 Å². The van der Waals surface area contributed by atoms with Crippen molar-refractivity contribution in [1.29, 1.82) is 0 Å². The van der Waals surface area contributed by atoms with Crippen LogP contribution in [0.5, 0.6) is 0 Å². The minimum Gasteiger partial charge on any atom is -0.465 e. The average Bonchev–Trinajstić information content (AvgIpc) is 3.12. The summed E-state index contributed by atoms with van der Waals surface area (Å²) in [7, 11) is 0. The zero-order valence-electron chi connectivity index (χ0n) is 17.5. The standard InChI is InChI=1S/C22H31N5O4/c23-17(9-3-4-11-24-22(30)31)20(28)27-19(21(29)26-15-6-5-7-15)12-14-13-25-18-10-2-1-8-16(14)18/h1-2,8,10,13,15,17,19,24-25H,3-7,9,11-12,23H2,(H,26,29)(H,27,28)(H,30,31)/t17-,19-/m0/s1. The number of carbonyl (C=O) groups excluding carboxylic acids is 2. The van der Waals surface area contributed by atoms with Crippen molar-refractivity contribution < 1.29 is 19.5 Å². The predicted molar refractivity (Wildman–Crippen MR) is 118 cm³/mol. The minimum atomic E-state index is -1.07. The number of rotatable bonds is 11. The highest BCUT2D eigenvalue weighted by Gasteiger charge is 2.28. The molecule has 1 heterocycles. The molecule has 1 aromatic carbocycles. The molecule has 9 nitrogen and oxygen atoms in total. The molecule has 1 aliphatic rings. The monoisotopic (exact) mass is 429 g/mol.